The minimum absolute atomic E-state index is 0.0580. The molecule has 2 heteroatoms. The molecule has 0 spiro atoms. The predicted octanol–water partition coefficient (Wildman–Crippen LogP) is 4.49. The lowest BCUT2D eigenvalue weighted by Gasteiger charge is -2.37. The van der Waals surface area contributed by atoms with Crippen molar-refractivity contribution in [3.05, 3.63) is 12.2 Å². The van der Waals surface area contributed by atoms with Gasteiger partial charge in [-0.25, -0.2) is 0 Å². The maximum absolute atomic E-state index is 12.9. The molecule has 1 aliphatic rings. The molecule has 0 amide bonds. The fourth-order valence-electron chi connectivity index (χ4n) is 2.91. The average molecular weight is 279 g/mol. The second-order valence-electron chi connectivity index (χ2n) is 7.84. The molecule has 0 aromatic heterocycles. The van der Waals surface area contributed by atoms with Crippen LogP contribution in [0.3, 0.4) is 0 Å². The standard InChI is InChI=1S/C18H33NO/c1-7-18(5,6)16(20)14-12-10-8-9-11-13-15(14)19-17(2,3)4/h8-9,14-15,19H,7,10-13H2,1-6H3. The molecular formula is C18H33NO. The molecule has 0 aliphatic heterocycles. The SMILES string of the molecule is CCC(C)(C)C(=O)C1CCC=CCCC1NC(C)(C)C. The zero-order valence-corrected chi connectivity index (χ0v) is 14.3. The Labute approximate surface area is 125 Å². The molecule has 116 valence electrons. The number of hydrogen-bond acceptors (Lipinski definition) is 2. The number of carbonyl (C=O) groups excluding carboxylic acids is 1. The molecule has 20 heavy (non-hydrogen) atoms. The first-order valence-corrected chi connectivity index (χ1v) is 8.14. The van der Waals surface area contributed by atoms with Crippen molar-refractivity contribution in [3.8, 4) is 0 Å². The third-order valence-corrected chi connectivity index (χ3v) is 4.45. The summed E-state index contributed by atoms with van der Waals surface area (Å²) in [5.41, 5.74) is -0.145. The molecule has 0 fully saturated rings. The summed E-state index contributed by atoms with van der Waals surface area (Å²) in [5, 5.41) is 3.70. The van der Waals surface area contributed by atoms with Gasteiger partial charge in [0.25, 0.3) is 0 Å². The molecule has 0 radical (unpaired) electrons. The van der Waals surface area contributed by atoms with Crippen LogP contribution in [-0.2, 0) is 4.79 Å². The molecule has 0 saturated carbocycles. The van der Waals surface area contributed by atoms with E-state index in [9.17, 15) is 4.79 Å². The van der Waals surface area contributed by atoms with E-state index < -0.39 is 0 Å². The van der Waals surface area contributed by atoms with Crippen molar-refractivity contribution in [2.24, 2.45) is 11.3 Å². The van der Waals surface area contributed by atoms with E-state index in [1.165, 1.54) is 0 Å². The van der Waals surface area contributed by atoms with Gasteiger partial charge in [-0.15, -0.1) is 0 Å². The Hall–Kier alpha value is -0.630. The Morgan fingerprint density at radius 2 is 1.65 bits per heavy atom. The van der Waals surface area contributed by atoms with Crippen LogP contribution < -0.4 is 5.32 Å². The van der Waals surface area contributed by atoms with E-state index in [0.29, 0.717) is 11.8 Å². The van der Waals surface area contributed by atoms with Gasteiger partial charge in [-0.05, 0) is 52.9 Å². The largest absolute Gasteiger partial charge is 0.309 e. The van der Waals surface area contributed by atoms with Gasteiger partial charge in [0.2, 0.25) is 0 Å². The van der Waals surface area contributed by atoms with Crippen LogP contribution in [-0.4, -0.2) is 17.4 Å². The number of Topliss-reactive ketones (excluding diaryl/α,β-unsaturated/α-hetero) is 1. The maximum atomic E-state index is 12.9. The van der Waals surface area contributed by atoms with Crippen LogP contribution in [0, 0.1) is 11.3 Å². The lowest BCUT2D eigenvalue weighted by atomic mass is 9.73. The molecule has 0 aromatic carbocycles. The fraction of sp³-hybridized carbons (Fsp3) is 0.833. The summed E-state index contributed by atoms with van der Waals surface area (Å²) in [6, 6.07) is 0.304. The van der Waals surface area contributed by atoms with E-state index in [-0.39, 0.29) is 16.9 Å². The number of allylic oxidation sites excluding steroid dienone is 2. The lowest BCUT2D eigenvalue weighted by molar-refractivity contribution is -0.132. The van der Waals surface area contributed by atoms with E-state index in [1.807, 2.05) is 0 Å². The summed E-state index contributed by atoms with van der Waals surface area (Å²) in [4.78, 5) is 12.9. The van der Waals surface area contributed by atoms with Gasteiger partial charge in [-0.2, -0.15) is 0 Å². The highest BCUT2D eigenvalue weighted by Gasteiger charge is 2.37. The number of rotatable bonds is 4. The molecule has 1 aliphatic carbocycles. The third kappa shape index (κ3) is 5.05. The maximum Gasteiger partial charge on any atom is 0.143 e. The van der Waals surface area contributed by atoms with Gasteiger partial charge in [0.1, 0.15) is 5.78 Å². The number of carbonyl (C=O) groups is 1. The Balaban J connectivity index is 2.94. The normalized spacial score (nSPS) is 25.1. The summed E-state index contributed by atoms with van der Waals surface area (Å²) < 4.78 is 0. The topological polar surface area (TPSA) is 29.1 Å². The Morgan fingerprint density at radius 3 is 2.15 bits per heavy atom. The highest BCUT2D eigenvalue weighted by molar-refractivity contribution is 5.87. The van der Waals surface area contributed by atoms with Crippen LogP contribution >= 0.6 is 0 Å². The van der Waals surface area contributed by atoms with Crippen LogP contribution in [0.1, 0.15) is 73.6 Å². The highest BCUT2D eigenvalue weighted by Crippen LogP contribution is 2.32. The van der Waals surface area contributed by atoms with Crippen molar-refractivity contribution >= 4 is 5.78 Å². The smallest absolute Gasteiger partial charge is 0.143 e. The molecule has 2 unspecified atom stereocenters. The van der Waals surface area contributed by atoms with E-state index in [4.69, 9.17) is 0 Å². The second-order valence-corrected chi connectivity index (χ2v) is 7.84. The van der Waals surface area contributed by atoms with Crippen molar-refractivity contribution in [2.45, 2.75) is 85.2 Å². The molecular weight excluding hydrogens is 246 g/mol. The first-order chi connectivity index (χ1) is 9.17. The van der Waals surface area contributed by atoms with Gasteiger partial charge in [0.05, 0.1) is 0 Å². The number of nitrogens with one attached hydrogen (secondary N) is 1. The Bertz CT molecular complexity index is 349. The van der Waals surface area contributed by atoms with Crippen LogP contribution in [0.5, 0.6) is 0 Å². The minimum atomic E-state index is -0.203. The highest BCUT2D eigenvalue weighted by atomic mass is 16.1. The number of ketones is 1. The second kappa shape index (κ2) is 6.89. The van der Waals surface area contributed by atoms with Gasteiger partial charge >= 0.3 is 0 Å². The zero-order valence-electron chi connectivity index (χ0n) is 14.3. The van der Waals surface area contributed by atoms with Crippen molar-refractivity contribution in [1.82, 2.24) is 5.32 Å². The first-order valence-electron chi connectivity index (χ1n) is 8.14. The molecule has 2 nitrogen and oxygen atoms in total. The summed E-state index contributed by atoms with van der Waals surface area (Å²) >= 11 is 0. The molecule has 0 bridgehead atoms. The Morgan fingerprint density at radius 1 is 1.10 bits per heavy atom. The van der Waals surface area contributed by atoms with Gasteiger partial charge in [0, 0.05) is 22.9 Å². The third-order valence-electron chi connectivity index (χ3n) is 4.45. The fourth-order valence-corrected chi connectivity index (χ4v) is 2.91. The van der Waals surface area contributed by atoms with Crippen molar-refractivity contribution in [2.75, 3.05) is 0 Å². The summed E-state index contributed by atoms with van der Waals surface area (Å²) in [7, 11) is 0. The van der Waals surface area contributed by atoms with Gasteiger partial charge in [0.15, 0.2) is 0 Å². The van der Waals surface area contributed by atoms with Crippen molar-refractivity contribution in [3.63, 3.8) is 0 Å². The lowest BCUT2D eigenvalue weighted by Crippen LogP contribution is -2.51. The van der Waals surface area contributed by atoms with E-state index in [0.717, 1.165) is 32.1 Å². The summed E-state index contributed by atoms with van der Waals surface area (Å²) in [6.45, 7) is 12.9. The van der Waals surface area contributed by atoms with Gasteiger partial charge < -0.3 is 5.32 Å². The van der Waals surface area contributed by atoms with Crippen LogP contribution in [0.25, 0.3) is 0 Å². The minimum Gasteiger partial charge on any atom is -0.309 e. The van der Waals surface area contributed by atoms with E-state index in [2.05, 4.69) is 59.0 Å². The van der Waals surface area contributed by atoms with E-state index >= 15 is 0 Å². The molecule has 1 N–H and O–H groups in total. The average Bonchev–Trinajstić information content (AvgIpc) is 2.31. The molecule has 2 atom stereocenters. The molecule has 0 saturated heterocycles. The Kier molecular flexibility index (Phi) is 6.00. The monoisotopic (exact) mass is 279 g/mol. The van der Waals surface area contributed by atoms with E-state index in [1.54, 1.807) is 0 Å². The van der Waals surface area contributed by atoms with Crippen molar-refractivity contribution < 1.29 is 4.79 Å². The van der Waals surface area contributed by atoms with Crippen LogP contribution in [0.2, 0.25) is 0 Å². The molecule has 0 heterocycles. The van der Waals surface area contributed by atoms with Crippen molar-refractivity contribution in [1.29, 1.82) is 0 Å². The zero-order chi connectivity index (χ0) is 15.4. The quantitative estimate of drug-likeness (QED) is 0.768. The van der Waals surface area contributed by atoms with Gasteiger partial charge in [-0.3, -0.25) is 4.79 Å². The molecule has 0 aromatic rings. The predicted molar refractivity (Wildman–Crippen MR) is 86.9 cm³/mol. The van der Waals surface area contributed by atoms with Crippen LogP contribution in [0.15, 0.2) is 12.2 Å². The number of hydrogen-bond donors (Lipinski definition) is 1. The summed E-state index contributed by atoms with van der Waals surface area (Å²) in [5.74, 6) is 0.589. The summed E-state index contributed by atoms with van der Waals surface area (Å²) in [6.07, 6.45) is 9.56. The first kappa shape index (κ1) is 17.4. The molecule has 1 rings (SSSR count). The van der Waals surface area contributed by atoms with Gasteiger partial charge in [-0.1, -0.05) is 32.9 Å². The van der Waals surface area contributed by atoms with Crippen LogP contribution in [0.4, 0.5) is 0 Å².